The van der Waals surface area contributed by atoms with Gasteiger partial charge in [-0.1, -0.05) is 6.92 Å². The van der Waals surface area contributed by atoms with Crippen molar-refractivity contribution in [1.29, 1.82) is 0 Å². The second-order valence-corrected chi connectivity index (χ2v) is 7.39. The third-order valence-electron chi connectivity index (χ3n) is 3.59. The van der Waals surface area contributed by atoms with E-state index < -0.39 is 14.8 Å². The van der Waals surface area contributed by atoms with E-state index >= 15 is 0 Å². The lowest BCUT2D eigenvalue weighted by atomic mass is 10.2. The Morgan fingerprint density at radius 3 is 2.76 bits per heavy atom. The highest BCUT2D eigenvalue weighted by molar-refractivity contribution is 7.91. The van der Waals surface area contributed by atoms with Crippen LogP contribution in [0.5, 0.6) is 0 Å². The largest absolute Gasteiger partial charge is 0.363 e. The third kappa shape index (κ3) is 3.33. The van der Waals surface area contributed by atoms with Gasteiger partial charge in [-0.2, -0.15) is 0 Å². The maximum atomic E-state index is 11.9. The molecule has 116 valence electrons. The van der Waals surface area contributed by atoms with Crippen molar-refractivity contribution in [3.8, 4) is 0 Å². The molecule has 0 saturated carbocycles. The van der Waals surface area contributed by atoms with Crippen molar-refractivity contribution in [2.75, 3.05) is 30.3 Å². The molecule has 0 aromatic heterocycles. The summed E-state index contributed by atoms with van der Waals surface area (Å²) in [6, 6.07) is 4.39. The zero-order valence-electron chi connectivity index (χ0n) is 12.1. The minimum Gasteiger partial charge on any atom is -0.363 e. The quantitative estimate of drug-likeness (QED) is 0.663. The summed E-state index contributed by atoms with van der Waals surface area (Å²) in [6.45, 7) is 5.58. The van der Waals surface area contributed by atoms with Crippen molar-refractivity contribution < 1.29 is 13.3 Å². The zero-order chi connectivity index (χ0) is 15.6. The van der Waals surface area contributed by atoms with Crippen LogP contribution in [0.15, 0.2) is 23.1 Å². The summed E-state index contributed by atoms with van der Waals surface area (Å²) in [6.07, 6.45) is 0. The van der Waals surface area contributed by atoms with Gasteiger partial charge in [-0.25, -0.2) is 8.42 Å². The molecule has 0 amide bonds. The maximum absolute atomic E-state index is 11.9. The van der Waals surface area contributed by atoms with Gasteiger partial charge in [-0.15, -0.1) is 0 Å². The van der Waals surface area contributed by atoms with E-state index in [9.17, 15) is 18.5 Å². The van der Waals surface area contributed by atoms with Crippen LogP contribution in [0.4, 0.5) is 11.4 Å². The van der Waals surface area contributed by atoms with Crippen LogP contribution in [0.25, 0.3) is 0 Å². The zero-order valence-corrected chi connectivity index (χ0v) is 12.9. The van der Waals surface area contributed by atoms with Gasteiger partial charge in [0.2, 0.25) is 0 Å². The van der Waals surface area contributed by atoms with Crippen LogP contribution < -0.4 is 10.2 Å². The minimum atomic E-state index is -3.45. The Hall–Kier alpha value is -1.67. The smallest absolute Gasteiger partial charge is 0.293 e. The van der Waals surface area contributed by atoms with Crippen molar-refractivity contribution in [2.45, 2.75) is 24.8 Å². The molecule has 1 aromatic rings. The minimum absolute atomic E-state index is 0.00336. The number of benzene rings is 1. The molecule has 1 aliphatic rings. The molecule has 1 fully saturated rings. The Morgan fingerprint density at radius 1 is 1.48 bits per heavy atom. The molecule has 8 heteroatoms. The van der Waals surface area contributed by atoms with Crippen molar-refractivity contribution in [3.63, 3.8) is 0 Å². The van der Waals surface area contributed by atoms with Crippen LogP contribution in [-0.2, 0) is 9.84 Å². The van der Waals surface area contributed by atoms with E-state index in [0.29, 0.717) is 18.8 Å². The molecule has 1 aliphatic heterocycles. The highest BCUT2D eigenvalue weighted by atomic mass is 32.2. The predicted octanol–water partition coefficient (Wildman–Crippen LogP) is 1.19. The Bertz CT molecular complexity index is 645. The first-order valence-corrected chi connectivity index (χ1v) is 8.50. The summed E-state index contributed by atoms with van der Waals surface area (Å²) in [7, 11) is -3.45. The van der Waals surface area contributed by atoms with E-state index in [1.54, 1.807) is 6.07 Å². The van der Waals surface area contributed by atoms with Crippen molar-refractivity contribution >= 4 is 21.2 Å². The number of hydrogen-bond donors (Lipinski definition) is 1. The molecule has 0 bridgehead atoms. The van der Waals surface area contributed by atoms with Crippen LogP contribution >= 0.6 is 0 Å². The second-order valence-electron chi connectivity index (χ2n) is 5.11. The summed E-state index contributed by atoms with van der Waals surface area (Å²) >= 11 is 0. The van der Waals surface area contributed by atoms with Crippen molar-refractivity contribution in [1.82, 2.24) is 5.32 Å². The predicted molar refractivity (Wildman–Crippen MR) is 80.5 cm³/mol. The number of hydrogen-bond acceptors (Lipinski definition) is 6. The monoisotopic (exact) mass is 313 g/mol. The van der Waals surface area contributed by atoms with E-state index in [4.69, 9.17) is 0 Å². The molecule has 1 saturated heterocycles. The highest BCUT2D eigenvalue weighted by Gasteiger charge is 2.25. The summed E-state index contributed by atoms with van der Waals surface area (Å²) < 4.78 is 23.7. The summed E-state index contributed by atoms with van der Waals surface area (Å²) in [5.74, 6) is -0.0752. The molecule has 0 radical (unpaired) electrons. The van der Waals surface area contributed by atoms with Gasteiger partial charge in [-0.05, 0) is 19.1 Å². The topological polar surface area (TPSA) is 92.6 Å². The second kappa shape index (κ2) is 5.98. The lowest BCUT2D eigenvalue weighted by Gasteiger charge is -2.33. The van der Waals surface area contributed by atoms with E-state index in [1.165, 1.54) is 19.1 Å². The average Bonchev–Trinajstić information content (AvgIpc) is 2.46. The molecule has 2 rings (SSSR count). The summed E-state index contributed by atoms with van der Waals surface area (Å²) in [5.41, 5.74) is 0.321. The standard InChI is InChI=1S/C13H19N3O4S/c1-3-21(19,20)11-4-5-12(13(8-11)16(17)18)15-7-6-14-10(2)9-15/h4-5,8,10,14H,3,6-7,9H2,1-2H3. The fraction of sp³-hybridized carbons (Fsp3) is 0.538. The normalized spacial score (nSPS) is 19.5. The van der Waals surface area contributed by atoms with Gasteiger partial charge in [-0.3, -0.25) is 10.1 Å². The van der Waals surface area contributed by atoms with Crippen LogP contribution in [0.2, 0.25) is 0 Å². The molecule has 1 unspecified atom stereocenters. The highest BCUT2D eigenvalue weighted by Crippen LogP contribution is 2.31. The first kappa shape index (κ1) is 15.7. The van der Waals surface area contributed by atoms with Gasteiger partial charge in [0.25, 0.3) is 5.69 Å². The van der Waals surface area contributed by atoms with Gasteiger partial charge in [0.05, 0.1) is 15.6 Å². The van der Waals surface area contributed by atoms with Gasteiger partial charge >= 0.3 is 0 Å². The summed E-state index contributed by atoms with van der Waals surface area (Å²) in [5, 5.41) is 14.5. The molecular formula is C13H19N3O4S. The number of piperazine rings is 1. The molecule has 0 aliphatic carbocycles. The van der Waals surface area contributed by atoms with Gasteiger partial charge in [0, 0.05) is 31.7 Å². The first-order valence-electron chi connectivity index (χ1n) is 6.84. The molecular weight excluding hydrogens is 294 g/mol. The molecule has 1 N–H and O–H groups in total. The summed E-state index contributed by atoms with van der Waals surface area (Å²) in [4.78, 5) is 12.7. The van der Waals surface area contributed by atoms with E-state index in [-0.39, 0.29) is 22.4 Å². The van der Waals surface area contributed by atoms with Crippen LogP contribution in [0.3, 0.4) is 0 Å². The van der Waals surface area contributed by atoms with Gasteiger partial charge in [0.15, 0.2) is 9.84 Å². The van der Waals surface area contributed by atoms with Gasteiger partial charge < -0.3 is 10.2 Å². The Labute approximate surface area is 124 Å². The fourth-order valence-electron chi connectivity index (χ4n) is 2.43. The number of nitro benzene ring substituents is 1. The molecule has 1 atom stereocenters. The van der Waals surface area contributed by atoms with Crippen molar-refractivity contribution in [2.24, 2.45) is 0 Å². The lowest BCUT2D eigenvalue weighted by Crippen LogP contribution is -2.49. The molecule has 7 nitrogen and oxygen atoms in total. The Kier molecular flexibility index (Phi) is 4.48. The Morgan fingerprint density at radius 2 is 2.19 bits per heavy atom. The number of nitrogens with zero attached hydrogens (tertiary/aromatic N) is 2. The average molecular weight is 313 g/mol. The third-order valence-corrected chi connectivity index (χ3v) is 5.32. The number of rotatable bonds is 4. The first-order chi connectivity index (χ1) is 9.85. The lowest BCUT2D eigenvalue weighted by molar-refractivity contribution is -0.384. The van der Waals surface area contributed by atoms with Crippen LogP contribution in [0.1, 0.15) is 13.8 Å². The number of nitro groups is 1. The van der Waals surface area contributed by atoms with E-state index in [1.807, 2.05) is 11.8 Å². The van der Waals surface area contributed by atoms with Crippen molar-refractivity contribution in [3.05, 3.63) is 28.3 Å². The van der Waals surface area contributed by atoms with Crippen LogP contribution in [-0.4, -0.2) is 44.8 Å². The maximum Gasteiger partial charge on any atom is 0.293 e. The molecule has 21 heavy (non-hydrogen) atoms. The Balaban J connectivity index is 2.45. The number of anilines is 1. The van der Waals surface area contributed by atoms with E-state index in [0.717, 1.165) is 6.54 Å². The number of sulfone groups is 1. The SMILES string of the molecule is CCS(=O)(=O)c1ccc(N2CCNC(C)C2)c([N+](=O)[O-])c1. The fourth-order valence-corrected chi connectivity index (χ4v) is 3.33. The van der Waals surface area contributed by atoms with Crippen LogP contribution in [0, 0.1) is 10.1 Å². The molecule has 1 heterocycles. The molecule has 1 aromatic carbocycles. The molecule has 0 spiro atoms. The van der Waals surface area contributed by atoms with E-state index in [2.05, 4.69) is 5.32 Å². The number of nitrogens with one attached hydrogen (secondary N) is 1. The van der Waals surface area contributed by atoms with Gasteiger partial charge in [0.1, 0.15) is 5.69 Å².